The summed E-state index contributed by atoms with van der Waals surface area (Å²) in [6.07, 6.45) is 7.80. The number of unbranched alkanes of at least 4 members (excludes halogenated alkanes) is 2. The summed E-state index contributed by atoms with van der Waals surface area (Å²) in [6.45, 7) is 29.4. The van der Waals surface area contributed by atoms with Crippen LogP contribution >= 0.6 is 0 Å². The molecule has 0 aromatic carbocycles. The molecule has 2 rings (SSSR count). The molecule has 1 aliphatic heterocycles. The Bertz CT molecular complexity index is 274. The number of methoxy groups -OCH3 is 1. The zero-order valence-corrected chi connectivity index (χ0v) is 23.9. The third kappa shape index (κ3) is 20.2. The van der Waals surface area contributed by atoms with Crippen LogP contribution in [0.2, 0.25) is 0 Å². The lowest BCUT2D eigenvalue weighted by molar-refractivity contribution is -0.140. The Morgan fingerprint density at radius 1 is 0.677 bits per heavy atom. The first-order valence-corrected chi connectivity index (χ1v) is 13.7. The van der Waals surface area contributed by atoms with Crippen LogP contribution in [0.1, 0.15) is 115 Å². The number of ether oxygens (including phenoxy) is 3. The Kier molecular flexibility index (Phi) is 39.4. The molecule has 0 bridgehead atoms. The highest BCUT2D eigenvalue weighted by atomic mass is 16.5. The van der Waals surface area contributed by atoms with Gasteiger partial charge in [-0.15, -0.1) is 0 Å². The van der Waals surface area contributed by atoms with Gasteiger partial charge in [-0.3, -0.25) is 0 Å². The van der Waals surface area contributed by atoms with Gasteiger partial charge < -0.3 is 19.1 Å². The Balaban J connectivity index is -0.000000320. The van der Waals surface area contributed by atoms with E-state index in [0.29, 0.717) is 11.5 Å². The summed E-state index contributed by atoms with van der Waals surface area (Å²) in [7, 11) is 1.84. The lowest BCUT2D eigenvalue weighted by atomic mass is 9.62. The van der Waals surface area contributed by atoms with E-state index >= 15 is 0 Å². The van der Waals surface area contributed by atoms with Gasteiger partial charge in [0.05, 0.1) is 6.10 Å². The molecule has 0 aromatic heterocycles. The Labute approximate surface area is 198 Å². The maximum atomic E-state index is 5.66. The van der Waals surface area contributed by atoms with E-state index in [4.69, 9.17) is 14.2 Å². The average Bonchev–Trinajstić information content (AvgIpc) is 2.81. The molecular formula is C27H63NO3. The predicted molar refractivity (Wildman–Crippen MR) is 141 cm³/mol. The number of likely N-dealkylation sites (tertiary alicyclic amines) is 1. The van der Waals surface area contributed by atoms with E-state index in [0.717, 1.165) is 39.3 Å². The highest BCUT2D eigenvalue weighted by molar-refractivity contribution is 5.04. The normalized spacial score (nSPS) is 15.5. The van der Waals surface area contributed by atoms with Crippen molar-refractivity contribution in [2.75, 3.05) is 53.2 Å². The van der Waals surface area contributed by atoms with E-state index in [2.05, 4.69) is 4.90 Å². The highest BCUT2D eigenvalue weighted by Crippen LogP contribution is 2.49. The largest absolute Gasteiger partial charge is 0.382 e. The minimum absolute atomic E-state index is 0.545. The summed E-state index contributed by atoms with van der Waals surface area (Å²) in [4.78, 5) is 2.59. The first kappa shape index (κ1) is 38.1. The number of rotatable bonds is 12. The van der Waals surface area contributed by atoms with Gasteiger partial charge in [-0.05, 0) is 52.0 Å². The van der Waals surface area contributed by atoms with E-state index in [-0.39, 0.29) is 0 Å². The van der Waals surface area contributed by atoms with Gasteiger partial charge in [-0.1, -0.05) is 69.2 Å². The molecule has 1 saturated carbocycles. The second-order valence-corrected chi connectivity index (χ2v) is 6.70. The Morgan fingerprint density at radius 2 is 1.10 bits per heavy atom. The summed E-state index contributed by atoms with van der Waals surface area (Å²) in [5, 5.41) is 0. The average molecular weight is 450 g/mol. The van der Waals surface area contributed by atoms with Crippen LogP contribution in [-0.2, 0) is 14.2 Å². The summed E-state index contributed by atoms with van der Waals surface area (Å²) in [5.74, 6) is 0. The molecule has 2 aliphatic rings. The fourth-order valence-electron chi connectivity index (χ4n) is 3.59. The van der Waals surface area contributed by atoms with Crippen molar-refractivity contribution in [1.29, 1.82) is 0 Å². The number of nitrogens with zero attached hydrogens (tertiary/aromatic N) is 1. The fraction of sp³-hybridized carbons (Fsp3) is 1.00. The molecule has 0 aromatic rings. The highest BCUT2D eigenvalue weighted by Gasteiger charge is 2.51. The molecule has 1 heterocycles. The molecule has 0 unspecified atom stereocenters. The van der Waals surface area contributed by atoms with Crippen molar-refractivity contribution in [3.05, 3.63) is 0 Å². The molecule has 194 valence electrons. The first-order valence-electron chi connectivity index (χ1n) is 13.7. The molecule has 0 radical (unpaired) electrons. The Hall–Kier alpha value is -0.160. The molecule has 0 N–H and O–H groups in total. The zero-order valence-electron chi connectivity index (χ0n) is 23.9. The van der Waals surface area contributed by atoms with Gasteiger partial charge in [0.25, 0.3) is 0 Å². The topological polar surface area (TPSA) is 30.9 Å². The second kappa shape index (κ2) is 32.0. The van der Waals surface area contributed by atoms with E-state index in [1.54, 1.807) is 0 Å². The third-order valence-electron chi connectivity index (χ3n) is 4.82. The van der Waals surface area contributed by atoms with Crippen LogP contribution in [-0.4, -0.2) is 64.2 Å². The molecule has 0 atom stereocenters. The maximum Gasteiger partial charge on any atom is 0.0583 e. The SMILES string of the molecule is CC.CC.CC.CC.CC.CCOCCCCOCCCCN1CC2(CC(OC)C2)C1. The molecule has 0 amide bonds. The van der Waals surface area contributed by atoms with Crippen molar-refractivity contribution < 1.29 is 14.2 Å². The lowest BCUT2D eigenvalue weighted by Crippen LogP contribution is -2.63. The van der Waals surface area contributed by atoms with Crippen LogP contribution < -0.4 is 0 Å². The van der Waals surface area contributed by atoms with Gasteiger partial charge in [0.2, 0.25) is 0 Å². The van der Waals surface area contributed by atoms with Crippen LogP contribution in [0.15, 0.2) is 0 Å². The monoisotopic (exact) mass is 449 g/mol. The summed E-state index contributed by atoms with van der Waals surface area (Å²) >= 11 is 0. The third-order valence-corrected chi connectivity index (χ3v) is 4.82. The molecule has 1 saturated heterocycles. The van der Waals surface area contributed by atoms with E-state index < -0.39 is 0 Å². The standard InChI is InChI=1S/C17H33NO3.5C2H6/c1-3-20-9-6-7-11-21-10-5-4-8-18-14-17(15-18)12-16(13-17)19-2;5*1-2/h16H,3-15H2,1-2H3;5*1-2H3. The number of hydrogen-bond acceptors (Lipinski definition) is 4. The van der Waals surface area contributed by atoms with Crippen molar-refractivity contribution in [1.82, 2.24) is 4.90 Å². The summed E-state index contributed by atoms with van der Waals surface area (Å²) in [6, 6.07) is 0. The van der Waals surface area contributed by atoms with Crippen molar-refractivity contribution in [2.24, 2.45) is 5.41 Å². The first-order chi connectivity index (χ1) is 15.3. The minimum Gasteiger partial charge on any atom is -0.382 e. The van der Waals surface area contributed by atoms with Crippen molar-refractivity contribution >= 4 is 0 Å². The molecule has 1 aliphatic carbocycles. The van der Waals surface area contributed by atoms with Crippen LogP contribution in [0.4, 0.5) is 0 Å². The van der Waals surface area contributed by atoms with Gasteiger partial charge in [-0.25, -0.2) is 0 Å². The van der Waals surface area contributed by atoms with E-state index in [1.165, 1.54) is 45.3 Å². The molecule has 1 spiro atoms. The van der Waals surface area contributed by atoms with Gasteiger partial charge in [0.15, 0.2) is 0 Å². The lowest BCUT2D eigenvalue weighted by Gasteiger charge is -2.58. The quantitative estimate of drug-likeness (QED) is 0.284. The van der Waals surface area contributed by atoms with Crippen LogP contribution in [0.25, 0.3) is 0 Å². The molecule has 2 fully saturated rings. The van der Waals surface area contributed by atoms with Gasteiger partial charge in [0.1, 0.15) is 0 Å². The van der Waals surface area contributed by atoms with Crippen LogP contribution in [0, 0.1) is 5.41 Å². The number of hydrogen-bond donors (Lipinski definition) is 0. The van der Waals surface area contributed by atoms with E-state index in [9.17, 15) is 0 Å². The van der Waals surface area contributed by atoms with Gasteiger partial charge >= 0.3 is 0 Å². The smallest absolute Gasteiger partial charge is 0.0583 e. The predicted octanol–water partition coefficient (Wildman–Crippen LogP) is 7.84. The molecule has 4 nitrogen and oxygen atoms in total. The maximum absolute atomic E-state index is 5.66. The van der Waals surface area contributed by atoms with Crippen LogP contribution in [0.5, 0.6) is 0 Å². The molecule has 31 heavy (non-hydrogen) atoms. The van der Waals surface area contributed by atoms with Gasteiger partial charge in [0, 0.05) is 52.0 Å². The molecule has 4 heteroatoms. The van der Waals surface area contributed by atoms with Crippen molar-refractivity contribution in [3.8, 4) is 0 Å². The second-order valence-electron chi connectivity index (χ2n) is 6.70. The van der Waals surface area contributed by atoms with Crippen molar-refractivity contribution in [3.63, 3.8) is 0 Å². The molecular weight excluding hydrogens is 386 g/mol. The van der Waals surface area contributed by atoms with Crippen molar-refractivity contribution in [2.45, 2.75) is 121 Å². The fourth-order valence-corrected chi connectivity index (χ4v) is 3.59. The van der Waals surface area contributed by atoms with E-state index in [1.807, 2.05) is 83.3 Å². The summed E-state index contributed by atoms with van der Waals surface area (Å²) in [5.41, 5.74) is 0.637. The zero-order chi connectivity index (χ0) is 25.0. The van der Waals surface area contributed by atoms with Crippen LogP contribution in [0.3, 0.4) is 0 Å². The minimum atomic E-state index is 0.545. The summed E-state index contributed by atoms with van der Waals surface area (Å²) < 4.78 is 16.3. The van der Waals surface area contributed by atoms with Gasteiger partial charge in [-0.2, -0.15) is 0 Å². The Morgan fingerprint density at radius 3 is 1.52 bits per heavy atom.